The second-order valence-electron chi connectivity index (χ2n) is 5.23. The first-order valence-corrected chi connectivity index (χ1v) is 7.75. The second kappa shape index (κ2) is 8.48. The van der Waals surface area contributed by atoms with E-state index < -0.39 is 0 Å². The summed E-state index contributed by atoms with van der Waals surface area (Å²) in [4.78, 5) is 0. The Morgan fingerprint density at radius 1 is 1.00 bits per heavy atom. The summed E-state index contributed by atoms with van der Waals surface area (Å²) >= 11 is 0. The van der Waals surface area contributed by atoms with Gasteiger partial charge in [0.1, 0.15) is 5.75 Å². The van der Waals surface area contributed by atoms with Gasteiger partial charge in [-0.2, -0.15) is 0 Å². The van der Waals surface area contributed by atoms with E-state index in [-0.39, 0.29) is 0 Å². The topological polar surface area (TPSA) is 21.3 Å². The molecule has 1 atom stereocenters. The number of rotatable bonds is 8. The number of methoxy groups -OCH3 is 1. The molecule has 0 aliphatic rings. The van der Waals surface area contributed by atoms with E-state index in [2.05, 4.69) is 54.7 Å². The lowest BCUT2D eigenvalue weighted by Crippen LogP contribution is -2.20. The fourth-order valence-electron chi connectivity index (χ4n) is 2.72. The van der Waals surface area contributed by atoms with E-state index in [4.69, 9.17) is 4.74 Å². The molecule has 2 nitrogen and oxygen atoms in total. The summed E-state index contributed by atoms with van der Waals surface area (Å²) in [7, 11) is 1.74. The van der Waals surface area contributed by atoms with Gasteiger partial charge in [-0.05, 0) is 43.0 Å². The predicted molar refractivity (Wildman–Crippen MR) is 88.8 cm³/mol. The first-order chi connectivity index (χ1) is 10.3. The molecule has 21 heavy (non-hydrogen) atoms. The van der Waals surface area contributed by atoms with Crippen molar-refractivity contribution in [3.05, 3.63) is 65.7 Å². The molecule has 2 heteroatoms. The maximum atomic E-state index is 5.42. The van der Waals surface area contributed by atoms with E-state index >= 15 is 0 Å². The van der Waals surface area contributed by atoms with Crippen molar-refractivity contribution >= 4 is 0 Å². The Kier molecular flexibility index (Phi) is 6.29. The second-order valence-corrected chi connectivity index (χ2v) is 5.23. The van der Waals surface area contributed by atoms with Crippen LogP contribution in [0.2, 0.25) is 0 Å². The molecule has 1 N–H and O–H groups in total. The monoisotopic (exact) mass is 283 g/mol. The summed E-state index contributed by atoms with van der Waals surface area (Å²) < 4.78 is 5.42. The summed E-state index contributed by atoms with van der Waals surface area (Å²) in [5.41, 5.74) is 2.67. The van der Waals surface area contributed by atoms with Crippen molar-refractivity contribution in [2.75, 3.05) is 13.7 Å². The van der Waals surface area contributed by atoms with Crippen LogP contribution in [-0.4, -0.2) is 13.7 Å². The molecule has 0 aliphatic heterocycles. The fourth-order valence-corrected chi connectivity index (χ4v) is 2.72. The van der Waals surface area contributed by atoms with Crippen LogP contribution in [0.15, 0.2) is 54.6 Å². The Morgan fingerprint density at radius 2 is 1.71 bits per heavy atom. The highest BCUT2D eigenvalue weighted by molar-refractivity contribution is 5.33. The van der Waals surface area contributed by atoms with Crippen molar-refractivity contribution in [3.63, 3.8) is 0 Å². The number of benzene rings is 2. The molecule has 0 amide bonds. The minimum atomic E-state index is 0.436. The van der Waals surface area contributed by atoms with Crippen LogP contribution in [0.1, 0.15) is 36.9 Å². The van der Waals surface area contributed by atoms with Gasteiger partial charge >= 0.3 is 0 Å². The van der Waals surface area contributed by atoms with Crippen molar-refractivity contribution in [1.29, 1.82) is 0 Å². The number of para-hydroxylation sites is 1. The first kappa shape index (κ1) is 15.6. The summed E-state index contributed by atoms with van der Waals surface area (Å²) in [6, 6.07) is 19.4. The average Bonchev–Trinajstić information content (AvgIpc) is 2.55. The molecule has 0 radical (unpaired) electrons. The van der Waals surface area contributed by atoms with Gasteiger partial charge in [-0.15, -0.1) is 0 Å². The molecule has 0 spiro atoms. The highest BCUT2D eigenvalue weighted by Gasteiger charge is 2.10. The standard InChI is InChI=1S/C19H25NO/c1-3-20-18(16-10-5-4-6-11-16)14-9-13-17-12-7-8-15-19(17)21-2/h4-8,10-12,15,18,20H,3,9,13-14H2,1-2H3. The predicted octanol–water partition coefficient (Wildman–Crippen LogP) is 4.37. The molecular weight excluding hydrogens is 258 g/mol. The Morgan fingerprint density at radius 3 is 2.43 bits per heavy atom. The van der Waals surface area contributed by atoms with Crippen LogP contribution < -0.4 is 10.1 Å². The summed E-state index contributed by atoms with van der Waals surface area (Å²) in [5.74, 6) is 0.997. The highest BCUT2D eigenvalue weighted by atomic mass is 16.5. The molecule has 2 aromatic carbocycles. The number of ether oxygens (including phenoxy) is 1. The van der Waals surface area contributed by atoms with Crippen LogP contribution in [0.25, 0.3) is 0 Å². The molecule has 0 aliphatic carbocycles. The van der Waals surface area contributed by atoms with E-state index in [0.29, 0.717) is 6.04 Å². The molecular formula is C19H25NO. The molecule has 0 aromatic heterocycles. The van der Waals surface area contributed by atoms with Gasteiger partial charge in [-0.25, -0.2) is 0 Å². The number of hydrogen-bond acceptors (Lipinski definition) is 2. The third kappa shape index (κ3) is 4.61. The Bertz CT molecular complexity index is 524. The van der Waals surface area contributed by atoms with Gasteiger partial charge in [0.25, 0.3) is 0 Å². The Balaban J connectivity index is 1.93. The molecule has 0 saturated heterocycles. The molecule has 0 saturated carbocycles. The molecule has 0 bridgehead atoms. The lowest BCUT2D eigenvalue weighted by molar-refractivity contribution is 0.407. The highest BCUT2D eigenvalue weighted by Crippen LogP contribution is 2.23. The lowest BCUT2D eigenvalue weighted by atomic mass is 9.98. The van der Waals surface area contributed by atoms with Gasteiger partial charge in [0, 0.05) is 6.04 Å². The molecule has 1 unspecified atom stereocenters. The van der Waals surface area contributed by atoms with E-state index in [0.717, 1.165) is 31.6 Å². The normalized spacial score (nSPS) is 12.1. The van der Waals surface area contributed by atoms with Crippen molar-refractivity contribution < 1.29 is 4.74 Å². The Labute approximate surface area is 128 Å². The third-order valence-corrected chi connectivity index (χ3v) is 3.78. The van der Waals surface area contributed by atoms with Crippen LogP contribution in [0.4, 0.5) is 0 Å². The fraction of sp³-hybridized carbons (Fsp3) is 0.368. The van der Waals surface area contributed by atoms with E-state index in [9.17, 15) is 0 Å². The zero-order chi connectivity index (χ0) is 14.9. The van der Waals surface area contributed by atoms with Gasteiger partial charge in [0.2, 0.25) is 0 Å². The van der Waals surface area contributed by atoms with Gasteiger partial charge < -0.3 is 10.1 Å². The van der Waals surface area contributed by atoms with Crippen molar-refractivity contribution in [2.24, 2.45) is 0 Å². The van der Waals surface area contributed by atoms with E-state index in [1.807, 2.05) is 12.1 Å². The van der Waals surface area contributed by atoms with Gasteiger partial charge in [0.05, 0.1) is 7.11 Å². The zero-order valence-corrected chi connectivity index (χ0v) is 13.0. The summed E-state index contributed by atoms with van der Waals surface area (Å²) in [6.45, 7) is 3.16. The smallest absolute Gasteiger partial charge is 0.122 e. The minimum Gasteiger partial charge on any atom is -0.496 e. The average molecular weight is 283 g/mol. The van der Waals surface area contributed by atoms with Crippen LogP contribution in [0.5, 0.6) is 5.75 Å². The van der Waals surface area contributed by atoms with Crippen LogP contribution in [0, 0.1) is 0 Å². The molecule has 0 heterocycles. The van der Waals surface area contributed by atoms with Gasteiger partial charge in [-0.3, -0.25) is 0 Å². The van der Waals surface area contributed by atoms with Crippen LogP contribution in [-0.2, 0) is 6.42 Å². The SMILES string of the molecule is CCNC(CCCc1ccccc1OC)c1ccccc1. The minimum absolute atomic E-state index is 0.436. The number of aryl methyl sites for hydroxylation is 1. The Hall–Kier alpha value is -1.80. The van der Waals surface area contributed by atoms with Crippen LogP contribution >= 0.6 is 0 Å². The maximum absolute atomic E-state index is 5.42. The number of hydrogen-bond donors (Lipinski definition) is 1. The summed E-state index contributed by atoms with van der Waals surface area (Å²) in [5, 5.41) is 3.58. The molecule has 2 rings (SSSR count). The van der Waals surface area contributed by atoms with E-state index in [1.165, 1.54) is 11.1 Å². The summed E-state index contributed by atoms with van der Waals surface area (Å²) in [6.07, 6.45) is 3.33. The van der Waals surface area contributed by atoms with Crippen LogP contribution in [0.3, 0.4) is 0 Å². The molecule has 2 aromatic rings. The lowest BCUT2D eigenvalue weighted by Gasteiger charge is -2.18. The maximum Gasteiger partial charge on any atom is 0.122 e. The third-order valence-electron chi connectivity index (χ3n) is 3.78. The van der Waals surface area contributed by atoms with Gasteiger partial charge in [-0.1, -0.05) is 55.5 Å². The molecule has 112 valence electrons. The van der Waals surface area contributed by atoms with E-state index in [1.54, 1.807) is 7.11 Å². The van der Waals surface area contributed by atoms with Crippen molar-refractivity contribution in [3.8, 4) is 5.75 Å². The zero-order valence-electron chi connectivity index (χ0n) is 13.0. The van der Waals surface area contributed by atoms with Crippen molar-refractivity contribution in [2.45, 2.75) is 32.2 Å². The first-order valence-electron chi connectivity index (χ1n) is 7.75. The quantitative estimate of drug-likeness (QED) is 0.777. The number of nitrogens with one attached hydrogen (secondary N) is 1. The van der Waals surface area contributed by atoms with Crippen molar-refractivity contribution in [1.82, 2.24) is 5.32 Å². The molecule has 0 fully saturated rings. The van der Waals surface area contributed by atoms with Gasteiger partial charge in [0.15, 0.2) is 0 Å². The largest absolute Gasteiger partial charge is 0.496 e.